The SMILES string of the molecule is O=C(Cc1ccccc1)Sc1nc2ccc([N+](=O)[O-])cc2[nH]1. The summed E-state index contributed by atoms with van der Waals surface area (Å²) >= 11 is 1.00. The number of H-pyrrole nitrogens is 1. The van der Waals surface area contributed by atoms with Crippen molar-refractivity contribution >= 4 is 33.6 Å². The van der Waals surface area contributed by atoms with E-state index in [1.165, 1.54) is 12.1 Å². The Morgan fingerprint density at radius 1 is 1.23 bits per heavy atom. The van der Waals surface area contributed by atoms with E-state index in [0.29, 0.717) is 22.6 Å². The first kappa shape index (κ1) is 14.3. The third-order valence-corrected chi connectivity index (χ3v) is 3.82. The topological polar surface area (TPSA) is 88.9 Å². The number of carbonyl (C=O) groups is 1. The summed E-state index contributed by atoms with van der Waals surface area (Å²) in [4.78, 5) is 29.5. The number of nitrogens with one attached hydrogen (secondary N) is 1. The number of nitrogens with zero attached hydrogens (tertiary/aromatic N) is 2. The Labute approximate surface area is 129 Å². The van der Waals surface area contributed by atoms with E-state index in [2.05, 4.69) is 9.97 Å². The van der Waals surface area contributed by atoms with Gasteiger partial charge in [0.2, 0.25) is 5.12 Å². The molecule has 0 aliphatic carbocycles. The number of hydrogen-bond donors (Lipinski definition) is 1. The Hall–Kier alpha value is -2.67. The van der Waals surface area contributed by atoms with Crippen LogP contribution in [0.25, 0.3) is 11.0 Å². The fourth-order valence-electron chi connectivity index (χ4n) is 2.04. The van der Waals surface area contributed by atoms with Crippen molar-refractivity contribution in [2.24, 2.45) is 0 Å². The van der Waals surface area contributed by atoms with Crippen molar-refractivity contribution in [1.29, 1.82) is 0 Å². The van der Waals surface area contributed by atoms with Crippen LogP contribution < -0.4 is 0 Å². The van der Waals surface area contributed by atoms with Crippen molar-refractivity contribution in [3.05, 3.63) is 64.2 Å². The lowest BCUT2D eigenvalue weighted by atomic mass is 10.2. The molecule has 3 rings (SSSR count). The molecule has 0 radical (unpaired) electrons. The molecule has 22 heavy (non-hydrogen) atoms. The molecule has 7 heteroatoms. The van der Waals surface area contributed by atoms with Crippen molar-refractivity contribution in [3.8, 4) is 0 Å². The van der Waals surface area contributed by atoms with Crippen LogP contribution in [0.1, 0.15) is 5.56 Å². The first-order valence-electron chi connectivity index (χ1n) is 6.50. The maximum Gasteiger partial charge on any atom is 0.271 e. The molecule has 0 amide bonds. The monoisotopic (exact) mass is 313 g/mol. The van der Waals surface area contributed by atoms with Crippen LogP contribution in [0.3, 0.4) is 0 Å². The van der Waals surface area contributed by atoms with E-state index in [4.69, 9.17) is 0 Å². The highest BCUT2D eigenvalue weighted by Crippen LogP contribution is 2.24. The number of carbonyl (C=O) groups excluding carboxylic acids is 1. The van der Waals surface area contributed by atoms with Crippen LogP contribution in [0.5, 0.6) is 0 Å². The lowest BCUT2D eigenvalue weighted by Gasteiger charge is -1.98. The highest BCUT2D eigenvalue weighted by molar-refractivity contribution is 8.13. The van der Waals surface area contributed by atoms with E-state index in [0.717, 1.165) is 17.3 Å². The third-order valence-electron chi connectivity index (χ3n) is 3.06. The number of benzene rings is 2. The van der Waals surface area contributed by atoms with Crippen molar-refractivity contribution in [2.45, 2.75) is 11.6 Å². The molecule has 0 bridgehead atoms. The summed E-state index contributed by atoms with van der Waals surface area (Å²) in [6, 6.07) is 13.8. The molecule has 1 heterocycles. The number of non-ortho nitro benzene ring substituents is 1. The zero-order valence-corrected chi connectivity index (χ0v) is 12.2. The predicted octanol–water partition coefficient (Wildman–Crippen LogP) is 3.33. The summed E-state index contributed by atoms with van der Waals surface area (Å²) < 4.78 is 0. The first-order valence-corrected chi connectivity index (χ1v) is 7.32. The largest absolute Gasteiger partial charge is 0.332 e. The standard InChI is InChI=1S/C15H11N3O3S/c19-14(8-10-4-2-1-3-5-10)22-15-16-12-7-6-11(18(20)21)9-13(12)17-15/h1-7,9H,8H2,(H,16,17). The molecule has 0 saturated heterocycles. The summed E-state index contributed by atoms with van der Waals surface area (Å²) in [5.74, 6) is 0. The number of hydrogen-bond acceptors (Lipinski definition) is 5. The van der Waals surface area contributed by atoms with Gasteiger partial charge in [-0.1, -0.05) is 30.3 Å². The lowest BCUT2D eigenvalue weighted by Crippen LogP contribution is -1.97. The maximum absolute atomic E-state index is 12.0. The number of rotatable bonds is 4. The molecule has 0 spiro atoms. The lowest BCUT2D eigenvalue weighted by molar-refractivity contribution is -0.384. The van der Waals surface area contributed by atoms with Gasteiger partial charge < -0.3 is 4.98 Å². The van der Waals surface area contributed by atoms with Gasteiger partial charge in [0.25, 0.3) is 5.69 Å². The zero-order valence-electron chi connectivity index (χ0n) is 11.4. The Bertz CT molecular complexity index is 846. The van der Waals surface area contributed by atoms with Crippen LogP contribution >= 0.6 is 11.8 Å². The molecule has 6 nitrogen and oxygen atoms in total. The van der Waals surface area contributed by atoms with E-state index in [9.17, 15) is 14.9 Å². The molecule has 0 unspecified atom stereocenters. The normalized spacial score (nSPS) is 10.7. The van der Waals surface area contributed by atoms with E-state index < -0.39 is 4.92 Å². The van der Waals surface area contributed by atoms with Crippen LogP contribution in [0, 0.1) is 10.1 Å². The number of aromatic nitrogens is 2. The number of imidazole rings is 1. The van der Waals surface area contributed by atoms with Gasteiger partial charge in [0, 0.05) is 18.6 Å². The minimum Gasteiger partial charge on any atom is -0.332 e. The zero-order chi connectivity index (χ0) is 15.5. The molecule has 0 saturated carbocycles. The second kappa shape index (κ2) is 5.98. The second-order valence-corrected chi connectivity index (χ2v) is 5.68. The molecule has 0 atom stereocenters. The van der Waals surface area contributed by atoms with E-state index in [1.54, 1.807) is 6.07 Å². The quantitative estimate of drug-likeness (QED) is 0.453. The summed E-state index contributed by atoms with van der Waals surface area (Å²) in [5.41, 5.74) is 2.07. The highest BCUT2D eigenvalue weighted by atomic mass is 32.2. The van der Waals surface area contributed by atoms with Gasteiger partial charge in [-0.3, -0.25) is 14.9 Å². The molecule has 1 aromatic heterocycles. The second-order valence-electron chi connectivity index (χ2n) is 4.64. The minimum absolute atomic E-state index is 0.0108. The van der Waals surface area contributed by atoms with Crippen LogP contribution in [-0.2, 0) is 11.2 Å². The van der Waals surface area contributed by atoms with E-state index in [-0.39, 0.29) is 10.8 Å². The van der Waals surface area contributed by atoms with Gasteiger partial charge in [0.05, 0.1) is 16.0 Å². The van der Waals surface area contributed by atoms with E-state index >= 15 is 0 Å². The number of thioether (sulfide) groups is 1. The molecule has 1 N–H and O–H groups in total. The smallest absolute Gasteiger partial charge is 0.271 e. The van der Waals surface area contributed by atoms with Gasteiger partial charge in [-0.05, 0) is 23.4 Å². The van der Waals surface area contributed by atoms with Gasteiger partial charge in [-0.15, -0.1) is 0 Å². The summed E-state index contributed by atoms with van der Waals surface area (Å²) in [6.07, 6.45) is 0.308. The van der Waals surface area contributed by atoms with Gasteiger partial charge >= 0.3 is 0 Å². The number of nitro benzene ring substituents is 1. The summed E-state index contributed by atoms with van der Waals surface area (Å²) in [7, 11) is 0. The van der Waals surface area contributed by atoms with E-state index in [1.807, 2.05) is 30.3 Å². The fraction of sp³-hybridized carbons (Fsp3) is 0.0667. The molecule has 3 aromatic rings. The first-order chi connectivity index (χ1) is 10.6. The molecule has 0 fully saturated rings. The van der Waals surface area contributed by atoms with Crippen molar-refractivity contribution < 1.29 is 9.72 Å². The summed E-state index contributed by atoms with van der Waals surface area (Å²) in [6.45, 7) is 0. The Kier molecular flexibility index (Phi) is 3.88. The third kappa shape index (κ3) is 3.15. The Morgan fingerprint density at radius 3 is 2.73 bits per heavy atom. The van der Waals surface area contributed by atoms with Crippen LogP contribution in [0.2, 0.25) is 0 Å². The molecule has 0 aliphatic heterocycles. The van der Waals surface area contributed by atoms with Gasteiger partial charge in [0.1, 0.15) is 0 Å². The highest BCUT2D eigenvalue weighted by Gasteiger charge is 2.13. The summed E-state index contributed by atoms with van der Waals surface area (Å²) in [5, 5.41) is 11.1. The molecule has 110 valence electrons. The van der Waals surface area contributed by atoms with Crippen molar-refractivity contribution in [2.75, 3.05) is 0 Å². The molecular weight excluding hydrogens is 302 g/mol. The van der Waals surface area contributed by atoms with Crippen molar-refractivity contribution in [3.63, 3.8) is 0 Å². The van der Waals surface area contributed by atoms with Gasteiger partial charge in [0.15, 0.2) is 5.16 Å². The molecular formula is C15H11N3O3S. The predicted molar refractivity (Wildman–Crippen MR) is 83.8 cm³/mol. The average molecular weight is 313 g/mol. The van der Waals surface area contributed by atoms with Gasteiger partial charge in [-0.25, -0.2) is 4.98 Å². The average Bonchev–Trinajstić information content (AvgIpc) is 2.89. The number of fused-ring (bicyclic) bond motifs is 1. The Morgan fingerprint density at radius 2 is 2.00 bits per heavy atom. The minimum atomic E-state index is -0.465. The van der Waals surface area contributed by atoms with Crippen molar-refractivity contribution in [1.82, 2.24) is 9.97 Å². The van der Waals surface area contributed by atoms with Crippen LogP contribution in [0.15, 0.2) is 53.7 Å². The van der Waals surface area contributed by atoms with Crippen LogP contribution in [0.4, 0.5) is 5.69 Å². The molecule has 0 aliphatic rings. The fourth-order valence-corrected chi connectivity index (χ4v) is 2.80. The van der Waals surface area contributed by atoms with Crippen LogP contribution in [-0.4, -0.2) is 20.0 Å². The number of aromatic amines is 1. The van der Waals surface area contributed by atoms with Gasteiger partial charge in [-0.2, -0.15) is 0 Å². The number of nitro groups is 1. The molecule has 2 aromatic carbocycles. The maximum atomic E-state index is 12.0. The Balaban J connectivity index is 1.76.